The van der Waals surface area contributed by atoms with Crippen LogP contribution in [0.4, 0.5) is 5.69 Å². The molecule has 186 valence electrons. The molecular formula is C25H36N4O4S. The summed E-state index contributed by atoms with van der Waals surface area (Å²) in [4.78, 5) is 18.2. The number of amides is 1. The van der Waals surface area contributed by atoms with Crippen LogP contribution in [0.5, 0.6) is 0 Å². The SMILES string of the molecule is CCN(CC)S(=O)(=O)c1ccc(N2CCCC2)c(C(=O)NC[C@H](c2ccco2)N2CCCC2)c1. The van der Waals surface area contributed by atoms with E-state index in [0.29, 0.717) is 25.2 Å². The van der Waals surface area contributed by atoms with Gasteiger partial charge in [0, 0.05) is 38.4 Å². The molecule has 3 heterocycles. The molecule has 2 saturated heterocycles. The highest BCUT2D eigenvalue weighted by molar-refractivity contribution is 7.89. The van der Waals surface area contributed by atoms with Gasteiger partial charge in [-0.1, -0.05) is 13.8 Å². The van der Waals surface area contributed by atoms with Crippen molar-refractivity contribution in [1.29, 1.82) is 0 Å². The number of nitrogens with one attached hydrogen (secondary N) is 1. The van der Waals surface area contributed by atoms with Gasteiger partial charge in [0.2, 0.25) is 10.0 Å². The molecule has 1 N–H and O–H groups in total. The van der Waals surface area contributed by atoms with Crippen molar-refractivity contribution in [1.82, 2.24) is 14.5 Å². The molecule has 1 aromatic heterocycles. The fraction of sp³-hybridized carbons (Fsp3) is 0.560. The molecule has 0 spiro atoms. The molecule has 0 bridgehead atoms. The molecule has 4 rings (SSSR count). The summed E-state index contributed by atoms with van der Waals surface area (Å²) < 4.78 is 33.4. The van der Waals surface area contributed by atoms with E-state index in [0.717, 1.165) is 63.3 Å². The third-order valence-corrected chi connectivity index (χ3v) is 8.96. The van der Waals surface area contributed by atoms with Gasteiger partial charge in [-0.05, 0) is 69.1 Å². The van der Waals surface area contributed by atoms with Crippen molar-refractivity contribution in [2.24, 2.45) is 0 Å². The van der Waals surface area contributed by atoms with Gasteiger partial charge in [0.25, 0.3) is 5.91 Å². The molecule has 2 aliphatic rings. The molecule has 0 aliphatic carbocycles. The second-order valence-electron chi connectivity index (χ2n) is 8.95. The van der Waals surface area contributed by atoms with Crippen LogP contribution in [0.3, 0.4) is 0 Å². The highest BCUT2D eigenvalue weighted by Gasteiger charge is 2.29. The zero-order chi connectivity index (χ0) is 24.1. The fourth-order valence-corrected chi connectivity index (χ4v) is 6.52. The zero-order valence-corrected chi connectivity index (χ0v) is 21.0. The van der Waals surface area contributed by atoms with E-state index >= 15 is 0 Å². The monoisotopic (exact) mass is 488 g/mol. The lowest BCUT2D eigenvalue weighted by Gasteiger charge is -2.27. The first-order valence-corrected chi connectivity index (χ1v) is 13.8. The van der Waals surface area contributed by atoms with Gasteiger partial charge in [0.15, 0.2) is 0 Å². The minimum absolute atomic E-state index is 0.0423. The van der Waals surface area contributed by atoms with E-state index in [1.165, 1.54) is 4.31 Å². The van der Waals surface area contributed by atoms with Gasteiger partial charge in [0.1, 0.15) is 5.76 Å². The van der Waals surface area contributed by atoms with Crippen LogP contribution in [0.1, 0.15) is 61.7 Å². The summed E-state index contributed by atoms with van der Waals surface area (Å²) in [6.07, 6.45) is 6.06. The molecule has 1 amide bonds. The van der Waals surface area contributed by atoms with Gasteiger partial charge in [-0.2, -0.15) is 4.31 Å². The number of carbonyl (C=O) groups is 1. The molecule has 0 saturated carbocycles. The second kappa shape index (κ2) is 10.9. The van der Waals surface area contributed by atoms with Gasteiger partial charge in [0.05, 0.1) is 22.8 Å². The number of sulfonamides is 1. The number of nitrogens with zero attached hydrogens (tertiary/aromatic N) is 3. The molecule has 8 nitrogen and oxygen atoms in total. The largest absolute Gasteiger partial charge is 0.468 e. The number of rotatable bonds is 10. The van der Waals surface area contributed by atoms with Crippen molar-refractivity contribution in [3.8, 4) is 0 Å². The number of carbonyl (C=O) groups excluding carboxylic acids is 1. The normalized spacial score (nSPS) is 18.0. The molecule has 2 aromatic rings. The van der Waals surface area contributed by atoms with Crippen molar-refractivity contribution >= 4 is 21.6 Å². The van der Waals surface area contributed by atoms with E-state index in [4.69, 9.17) is 4.42 Å². The van der Waals surface area contributed by atoms with E-state index in [1.807, 2.05) is 26.0 Å². The predicted octanol–water partition coefficient (Wildman–Crippen LogP) is 3.48. The molecule has 0 radical (unpaired) electrons. The van der Waals surface area contributed by atoms with Gasteiger partial charge in [-0.25, -0.2) is 8.42 Å². The average molecular weight is 489 g/mol. The van der Waals surface area contributed by atoms with Crippen molar-refractivity contribution in [3.63, 3.8) is 0 Å². The average Bonchev–Trinajstić information content (AvgIpc) is 3.63. The van der Waals surface area contributed by atoms with Gasteiger partial charge < -0.3 is 14.6 Å². The van der Waals surface area contributed by atoms with Crippen LogP contribution in [0, 0.1) is 0 Å². The lowest BCUT2D eigenvalue weighted by Crippen LogP contribution is -2.37. The Morgan fingerprint density at radius 1 is 1.06 bits per heavy atom. The molecule has 2 aliphatic heterocycles. The van der Waals surface area contributed by atoms with Crippen LogP contribution < -0.4 is 10.2 Å². The molecule has 34 heavy (non-hydrogen) atoms. The minimum atomic E-state index is -3.67. The summed E-state index contributed by atoms with van der Waals surface area (Å²) in [6, 6.07) is 8.75. The molecule has 9 heteroatoms. The standard InChI is InChI=1S/C25H36N4O4S/c1-3-29(4-2)34(31,32)20-11-12-22(27-13-5-6-14-27)21(18-20)25(30)26-19-23(24-10-9-17-33-24)28-15-7-8-16-28/h9-12,17-18,23H,3-8,13-16,19H2,1-2H3,(H,26,30)/t23-/m1/s1. The maximum Gasteiger partial charge on any atom is 0.253 e. The highest BCUT2D eigenvalue weighted by atomic mass is 32.2. The first-order valence-electron chi connectivity index (χ1n) is 12.4. The van der Waals surface area contributed by atoms with E-state index in [-0.39, 0.29) is 16.8 Å². The number of hydrogen-bond donors (Lipinski definition) is 1. The van der Waals surface area contributed by atoms with Crippen LogP contribution in [0.25, 0.3) is 0 Å². The molecule has 1 aromatic carbocycles. The minimum Gasteiger partial charge on any atom is -0.468 e. The number of hydrogen-bond acceptors (Lipinski definition) is 6. The Bertz CT molecular complexity index is 1050. The molecule has 0 unspecified atom stereocenters. The maximum atomic E-state index is 13.5. The van der Waals surface area contributed by atoms with E-state index < -0.39 is 10.0 Å². The third kappa shape index (κ3) is 5.16. The van der Waals surface area contributed by atoms with Crippen molar-refractivity contribution in [3.05, 3.63) is 47.9 Å². The van der Waals surface area contributed by atoms with Crippen LogP contribution in [-0.4, -0.2) is 69.3 Å². The van der Waals surface area contributed by atoms with Gasteiger partial charge >= 0.3 is 0 Å². The molecule has 1 atom stereocenters. The van der Waals surface area contributed by atoms with Crippen LogP contribution in [0.15, 0.2) is 45.9 Å². The summed E-state index contributed by atoms with van der Waals surface area (Å²) in [7, 11) is -3.67. The summed E-state index contributed by atoms with van der Waals surface area (Å²) in [5.74, 6) is 0.578. The second-order valence-corrected chi connectivity index (χ2v) is 10.9. The number of furan rings is 1. The summed E-state index contributed by atoms with van der Waals surface area (Å²) in [5.41, 5.74) is 1.21. The third-order valence-electron chi connectivity index (χ3n) is 6.91. The quantitative estimate of drug-likeness (QED) is 0.551. The molecule has 2 fully saturated rings. The summed E-state index contributed by atoms with van der Waals surface area (Å²) >= 11 is 0. The lowest BCUT2D eigenvalue weighted by atomic mass is 10.1. The lowest BCUT2D eigenvalue weighted by molar-refractivity contribution is 0.0934. The first kappa shape index (κ1) is 24.8. The fourth-order valence-electron chi connectivity index (χ4n) is 5.03. The van der Waals surface area contributed by atoms with E-state index in [2.05, 4.69) is 15.1 Å². The van der Waals surface area contributed by atoms with E-state index in [9.17, 15) is 13.2 Å². The van der Waals surface area contributed by atoms with Gasteiger partial charge in [-0.15, -0.1) is 0 Å². The predicted molar refractivity (Wildman–Crippen MR) is 133 cm³/mol. The van der Waals surface area contributed by atoms with Crippen molar-refractivity contribution < 1.29 is 17.6 Å². The van der Waals surface area contributed by atoms with Crippen LogP contribution in [-0.2, 0) is 10.0 Å². The summed E-state index contributed by atoms with van der Waals surface area (Å²) in [6.45, 7) is 8.48. The Hall–Kier alpha value is -2.36. The van der Waals surface area contributed by atoms with Crippen molar-refractivity contribution in [2.75, 3.05) is 50.7 Å². The number of benzene rings is 1. The summed E-state index contributed by atoms with van der Waals surface area (Å²) in [5, 5.41) is 3.09. The first-order chi connectivity index (χ1) is 16.5. The highest BCUT2D eigenvalue weighted by Crippen LogP contribution is 2.29. The maximum absolute atomic E-state index is 13.5. The van der Waals surface area contributed by atoms with Crippen LogP contribution in [0.2, 0.25) is 0 Å². The molecular weight excluding hydrogens is 452 g/mol. The van der Waals surface area contributed by atoms with E-state index in [1.54, 1.807) is 24.5 Å². The Kier molecular flexibility index (Phi) is 7.95. The topological polar surface area (TPSA) is 86.1 Å². The zero-order valence-electron chi connectivity index (χ0n) is 20.2. The smallest absolute Gasteiger partial charge is 0.253 e. The Balaban J connectivity index is 1.61. The number of likely N-dealkylation sites (tertiary alicyclic amines) is 1. The van der Waals surface area contributed by atoms with Crippen molar-refractivity contribution in [2.45, 2.75) is 50.5 Å². The Morgan fingerprint density at radius 3 is 2.35 bits per heavy atom. The van der Waals surface area contributed by atoms with Gasteiger partial charge in [-0.3, -0.25) is 9.69 Å². The Labute approximate surface area is 202 Å². The Morgan fingerprint density at radius 2 is 1.74 bits per heavy atom. The van der Waals surface area contributed by atoms with Crippen LogP contribution >= 0.6 is 0 Å². The number of anilines is 1.